The molecule has 1 aliphatic rings. The molecule has 1 aliphatic heterocycles. The van der Waals surface area contributed by atoms with E-state index in [0.29, 0.717) is 6.42 Å². The third-order valence-corrected chi connectivity index (χ3v) is 3.49. The highest BCUT2D eigenvalue weighted by Gasteiger charge is 2.40. The summed E-state index contributed by atoms with van der Waals surface area (Å²) < 4.78 is 15.5. The first-order valence-corrected chi connectivity index (χ1v) is 7.46. The number of cyclic esters (lactones) is 2. The second kappa shape index (κ2) is 8.51. The number of esters is 3. The zero-order chi connectivity index (χ0) is 18.4. The smallest absolute Gasteiger partial charge is 0.333 e. The van der Waals surface area contributed by atoms with E-state index in [1.54, 1.807) is 6.92 Å². The number of hydrogen-bond acceptors (Lipinski definition) is 7. The summed E-state index contributed by atoms with van der Waals surface area (Å²) in [6.45, 7) is 7.70. The summed E-state index contributed by atoms with van der Waals surface area (Å²) in [5.74, 6) is -4.01. The third-order valence-electron chi connectivity index (χ3n) is 3.49. The van der Waals surface area contributed by atoms with Gasteiger partial charge in [-0.05, 0) is 20.3 Å². The molecule has 4 atom stereocenters. The van der Waals surface area contributed by atoms with Gasteiger partial charge in [-0.25, -0.2) is 9.59 Å². The fourth-order valence-electron chi connectivity index (χ4n) is 2.21. The Labute approximate surface area is 141 Å². The van der Waals surface area contributed by atoms with E-state index in [4.69, 9.17) is 22.1 Å². The van der Waals surface area contributed by atoms with E-state index in [9.17, 15) is 19.2 Å². The van der Waals surface area contributed by atoms with Gasteiger partial charge >= 0.3 is 17.9 Å². The van der Waals surface area contributed by atoms with Crippen LogP contribution in [0, 0.1) is 5.92 Å². The van der Waals surface area contributed by atoms with E-state index in [1.807, 2.05) is 0 Å². The highest BCUT2D eigenvalue weighted by molar-refractivity contribution is 6.57. The predicted octanol–water partition coefficient (Wildman–Crippen LogP) is 0.236. The SMILES string of the molecule is [B]C(=O)NC1COC(=O)[C@H](CC)[C@@H](OC(=O)C(=C)C)[C@H](C)OC1=O. The summed E-state index contributed by atoms with van der Waals surface area (Å²) in [4.78, 5) is 47.1. The first-order valence-electron chi connectivity index (χ1n) is 7.46. The van der Waals surface area contributed by atoms with E-state index in [-0.39, 0.29) is 5.57 Å². The Bertz CT molecular complexity index is 548. The molecule has 1 rings (SSSR count). The lowest BCUT2D eigenvalue weighted by molar-refractivity contribution is -0.172. The van der Waals surface area contributed by atoms with E-state index >= 15 is 0 Å². The molecule has 24 heavy (non-hydrogen) atoms. The highest BCUT2D eigenvalue weighted by Crippen LogP contribution is 2.23. The van der Waals surface area contributed by atoms with Gasteiger partial charge in [0.05, 0.1) is 5.92 Å². The Kier molecular flexibility index (Phi) is 7.00. The zero-order valence-electron chi connectivity index (χ0n) is 13.9. The maximum atomic E-state index is 12.2. The van der Waals surface area contributed by atoms with E-state index in [0.717, 1.165) is 0 Å². The van der Waals surface area contributed by atoms with Crippen LogP contribution < -0.4 is 5.32 Å². The van der Waals surface area contributed by atoms with Gasteiger partial charge < -0.3 is 19.5 Å². The minimum atomic E-state index is -1.23. The van der Waals surface area contributed by atoms with Crippen molar-refractivity contribution in [2.24, 2.45) is 5.92 Å². The van der Waals surface area contributed by atoms with Gasteiger partial charge in [0.1, 0.15) is 12.7 Å². The number of carbonyl (C=O) groups is 4. The summed E-state index contributed by atoms with van der Waals surface area (Å²) in [6, 6.07) is -1.23. The molecule has 8 nitrogen and oxygen atoms in total. The van der Waals surface area contributed by atoms with Gasteiger partial charge in [0.15, 0.2) is 18.0 Å². The van der Waals surface area contributed by atoms with Crippen LogP contribution in [0.15, 0.2) is 12.2 Å². The molecule has 1 fully saturated rings. The second-order valence-corrected chi connectivity index (χ2v) is 5.50. The van der Waals surface area contributed by atoms with Crippen LogP contribution >= 0.6 is 0 Å². The number of rotatable bonds is 4. The standard InChI is InChI=1S/C15H20BNO7/c1-5-9-11(24-12(18)7(2)3)8(4)23-14(20)10(17-15(16)21)6-22-13(9)19/h8-11H,2,5-6H2,1,3-4H3,(H,17,21)/t8-,9+,10?,11-/m0/s1. The van der Waals surface area contributed by atoms with Crippen molar-refractivity contribution in [2.75, 3.05) is 6.61 Å². The minimum absolute atomic E-state index is 0.143. The molecule has 0 aromatic heterocycles. The molecule has 0 bridgehead atoms. The van der Waals surface area contributed by atoms with Crippen molar-refractivity contribution in [2.45, 2.75) is 45.4 Å². The molecule has 1 unspecified atom stereocenters. The number of ether oxygens (including phenoxy) is 3. The molecule has 0 saturated carbocycles. The van der Waals surface area contributed by atoms with Crippen molar-refractivity contribution >= 4 is 31.6 Å². The summed E-state index contributed by atoms with van der Waals surface area (Å²) in [6.07, 6.45) is -1.68. The lowest BCUT2D eigenvalue weighted by atomic mass is 9.95. The Hall–Kier alpha value is -2.32. The molecule has 1 saturated heterocycles. The van der Waals surface area contributed by atoms with Crippen molar-refractivity contribution in [1.82, 2.24) is 5.32 Å². The van der Waals surface area contributed by atoms with Crippen LogP contribution in [0.1, 0.15) is 27.2 Å². The number of nitrogens with one attached hydrogen (secondary N) is 1. The van der Waals surface area contributed by atoms with Gasteiger partial charge in [-0.15, -0.1) is 0 Å². The van der Waals surface area contributed by atoms with Crippen molar-refractivity contribution < 1.29 is 33.4 Å². The Morgan fingerprint density at radius 3 is 2.50 bits per heavy atom. The van der Waals surface area contributed by atoms with Gasteiger partial charge in [0.2, 0.25) is 7.85 Å². The molecule has 0 aromatic carbocycles. The average molecular weight is 337 g/mol. The van der Waals surface area contributed by atoms with Gasteiger partial charge in [-0.2, -0.15) is 0 Å². The Balaban J connectivity index is 3.08. The molecule has 9 heteroatoms. The molecule has 0 aliphatic carbocycles. The van der Waals surface area contributed by atoms with E-state index in [1.165, 1.54) is 13.8 Å². The van der Waals surface area contributed by atoms with Crippen LogP contribution in [0.3, 0.4) is 0 Å². The maximum Gasteiger partial charge on any atom is 0.333 e. The number of amides is 1. The van der Waals surface area contributed by atoms with Crippen molar-refractivity contribution in [3.8, 4) is 0 Å². The molecule has 0 spiro atoms. The average Bonchev–Trinajstić information content (AvgIpc) is 2.52. The Morgan fingerprint density at radius 2 is 2.00 bits per heavy atom. The van der Waals surface area contributed by atoms with E-state index < -0.39 is 54.5 Å². The maximum absolute atomic E-state index is 12.2. The lowest BCUT2D eigenvalue weighted by Gasteiger charge is -2.28. The van der Waals surface area contributed by atoms with Crippen molar-refractivity contribution in [1.29, 1.82) is 0 Å². The fourth-order valence-corrected chi connectivity index (χ4v) is 2.21. The molecule has 0 aromatic rings. The van der Waals surface area contributed by atoms with Gasteiger partial charge in [-0.3, -0.25) is 9.59 Å². The van der Waals surface area contributed by atoms with Gasteiger partial charge in [0, 0.05) is 5.57 Å². The van der Waals surface area contributed by atoms with Gasteiger partial charge in [-0.1, -0.05) is 13.5 Å². The monoisotopic (exact) mass is 337 g/mol. The number of carbonyl (C=O) groups excluding carboxylic acids is 4. The molecule has 1 heterocycles. The summed E-state index contributed by atoms with van der Waals surface area (Å²) >= 11 is 0. The van der Waals surface area contributed by atoms with Crippen molar-refractivity contribution in [3.05, 3.63) is 12.2 Å². The van der Waals surface area contributed by atoms with Crippen LogP contribution in [-0.4, -0.2) is 56.4 Å². The highest BCUT2D eigenvalue weighted by atomic mass is 16.6. The first kappa shape index (κ1) is 19.7. The predicted molar refractivity (Wildman–Crippen MR) is 83.1 cm³/mol. The van der Waals surface area contributed by atoms with Gasteiger partial charge in [0.25, 0.3) is 0 Å². The van der Waals surface area contributed by atoms with E-state index in [2.05, 4.69) is 11.9 Å². The molecule has 1 amide bonds. The summed E-state index contributed by atoms with van der Waals surface area (Å²) in [5, 5.41) is 2.14. The largest absolute Gasteiger partial charge is 0.463 e. The lowest BCUT2D eigenvalue weighted by Crippen LogP contribution is -2.46. The normalized spacial score (nSPS) is 27.6. The first-order chi connectivity index (χ1) is 11.2. The van der Waals surface area contributed by atoms with Crippen LogP contribution in [0.4, 0.5) is 4.79 Å². The van der Waals surface area contributed by atoms with Crippen LogP contribution in [0.5, 0.6) is 0 Å². The molecule has 130 valence electrons. The molecular formula is C15H20BNO7. The zero-order valence-corrected chi connectivity index (χ0v) is 13.9. The van der Waals surface area contributed by atoms with Crippen LogP contribution in [-0.2, 0) is 28.6 Å². The fraction of sp³-hybridized carbons (Fsp3) is 0.600. The van der Waals surface area contributed by atoms with Crippen LogP contribution in [0.2, 0.25) is 0 Å². The molecular weight excluding hydrogens is 317 g/mol. The number of hydrogen-bond donors (Lipinski definition) is 1. The minimum Gasteiger partial charge on any atom is -0.463 e. The topological polar surface area (TPSA) is 108 Å². The van der Waals surface area contributed by atoms with Crippen LogP contribution in [0.25, 0.3) is 0 Å². The summed E-state index contributed by atoms with van der Waals surface area (Å²) in [5.41, 5.74) is 0.143. The second-order valence-electron chi connectivity index (χ2n) is 5.50. The quantitative estimate of drug-likeness (QED) is 0.339. The third kappa shape index (κ3) is 5.11. The molecule has 1 N–H and O–H groups in total. The molecule has 2 radical (unpaired) electrons. The van der Waals surface area contributed by atoms with Crippen molar-refractivity contribution in [3.63, 3.8) is 0 Å². The summed E-state index contributed by atoms with van der Waals surface area (Å²) in [7, 11) is 4.99. The Morgan fingerprint density at radius 1 is 1.38 bits per heavy atom.